The van der Waals surface area contributed by atoms with Crippen molar-refractivity contribution < 1.29 is 13.2 Å². The van der Waals surface area contributed by atoms with Crippen molar-refractivity contribution in [1.82, 2.24) is 5.32 Å². The molecule has 1 N–H and O–H groups in total. The average Bonchev–Trinajstić information content (AvgIpc) is 2.84. The summed E-state index contributed by atoms with van der Waals surface area (Å²) >= 11 is 0. The van der Waals surface area contributed by atoms with Crippen LogP contribution in [0.25, 0.3) is 10.8 Å². The first kappa shape index (κ1) is 23.5. The van der Waals surface area contributed by atoms with Gasteiger partial charge < -0.3 is 5.32 Å². The smallest absolute Gasteiger partial charge is 0.241 e. The zero-order valence-electron chi connectivity index (χ0n) is 20.8. The minimum Gasteiger partial charge on any atom is -0.350 e. The van der Waals surface area contributed by atoms with E-state index in [0.717, 1.165) is 40.3 Å². The van der Waals surface area contributed by atoms with Gasteiger partial charge in [0, 0.05) is 6.54 Å². The molecule has 5 nitrogen and oxygen atoms in total. The van der Waals surface area contributed by atoms with Crippen molar-refractivity contribution in [3.05, 3.63) is 77.9 Å². The molecular weight excluding hydrogens is 468 g/mol. The van der Waals surface area contributed by atoms with Gasteiger partial charge in [-0.1, -0.05) is 54.6 Å². The molecule has 4 bridgehead atoms. The summed E-state index contributed by atoms with van der Waals surface area (Å²) in [5.74, 6) is 2.25. The van der Waals surface area contributed by atoms with Crippen LogP contribution in [0, 0.1) is 17.8 Å². The minimum absolute atomic E-state index is 0.236. The van der Waals surface area contributed by atoms with Gasteiger partial charge in [0.15, 0.2) is 0 Å². The number of sulfonamides is 1. The van der Waals surface area contributed by atoms with Crippen molar-refractivity contribution in [3.63, 3.8) is 0 Å². The summed E-state index contributed by atoms with van der Waals surface area (Å²) in [6.07, 6.45) is 9.16. The molecule has 36 heavy (non-hydrogen) atoms. The van der Waals surface area contributed by atoms with Gasteiger partial charge in [0.2, 0.25) is 15.9 Å². The highest BCUT2D eigenvalue weighted by Gasteiger charge is 2.51. The maximum atomic E-state index is 12.9. The van der Waals surface area contributed by atoms with Gasteiger partial charge in [-0.3, -0.25) is 9.10 Å². The first-order valence-corrected chi connectivity index (χ1v) is 15.0. The maximum absolute atomic E-state index is 12.9. The van der Waals surface area contributed by atoms with E-state index in [0.29, 0.717) is 12.2 Å². The van der Waals surface area contributed by atoms with Gasteiger partial charge in [0.05, 0.1) is 11.9 Å². The van der Waals surface area contributed by atoms with E-state index in [1.165, 1.54) is 48.4 Å². The van der Waals surface area contributed by atoms with E-state index in [-0.39, 0.29) is 17.9 Å². The van der Waals surface area contributed by atoms with E-state index in [1.807, 2.05) is 54.6 Å². The molecule has 0 unspecified atom stereocenters. The second kappa shape index (κ2) is 8.91. The third-order valence-corrected chi connectivity index (χ3v) is 9.99. The Morgan fingerprint density at radius 1 is 0.889 bits per heavy atom. The molecule has 0 aromatic heterocycles. The van der Waals surface area contributed by atoms with Crippen LogP contribution in [0.1, 0.15) is 49.7 Å². The molecule has 4 saturated carbocycles. The molecule has 0 spiro atoms. The summed E-state index contributed by atoms with van der Waals surface area (Å²) in [6, 6.07) is 22.1. The number of benzene rings is 3. The molecule has 3 aromatic carbocycles. The fourth-order valence-corrected chi connectivity index (χ4v) is 8.53. The van der Waals surface area contributed by atoms with Gasteiger partial charge in [-0.2, -0.15) is 0 Å². The maximum Gasteiger partial charge on any atom is 0.241 e. The fourth-order valence-electron chi connectivity index (χ4n) is 7.67. The van der Waals surface area contributed by atoms with Crippen LogP contribution >= 0.6 is 0 Å². The number of nitrogens with one attached hydrogen (secondary N) is 1. The first-order valence-electron chi connectivity index (χ1n) is 13.1. The molecule has 0 heterocycles. The van der Waals surface area contributed by atoms with Crippen LogP contribution < -0.4 is 9.62 Å². The number of hydrogen-bond acceptors (Lipinski definition) is 3. The van der Waals surface area contributed by atoms with Crippen LogP contribution in [0.5, 0.6) is 0 Å². The molecule has 188 valence electrons. The van der Waals surface area contributed by atoms with Crippen molar-refractivity contribution in [1.29, 1.82) is 0 Å². The summed E-state index contributed by atoms with van der Waals surface area (Å²) in [7, 11) is -3.62. The van der Waals surface area contributed by atoms with Crippen LogP contribution in [-0.4, -0.2) is 27.1 Å². The highest BCUT2D eigenvalue weighted by Crippen LogP contribution is 2.60. The van der Waals surface area contributed by atoms with Crippen molar-refractivity contribution in [2.75, 3.05) is 17.1 Å². The first-order chi connectivity index (χ1) is 17.3. The molecule has 3 aromatic rings. The lowest BCUT2D eigenvalue weighted by molar-refractivity contribution is -0.119. The molecule has 1 amide bonds. The lowest BCUT2D eigenvalue weighted by Gasteiger charge is -2.57. The number of carbonyl (C=O) groups is 1. The summed E-state index contributed by atoms with van der Waals surface area (Å²) in [6.45, 7) is 0.114. The molecule has 0 aliphatic heterocycles. The van der Waals surface area contributed by atoms with Crippen molar-refractivity contribution in [2.24, 2.45) is 17.8 Å². The van der Waals surface area contributed by atoms with Gasteiger partial charge in [0.25, 0.3) is 0 Å². The summed E-state index contributed by atoms with van der Waals surface area (Å²) in [5.41, 5.74) is 3.16. The normalized spacial score (nSPS) is 26.8. The van der Waals surface area contributed by atoms with Gasteiger partial charge in [-0.25, -0.2) is 8.42 Å². The zero-order valence-corrected chi connectivity index (χ0v) is 21.6. The van der Waals surface area contributed by atoms with Crippen LogP contribution in [0.3, 0.4) is 0 Å². The van der Waals surface area contributed by atoms with E-state index in [1.54, 1.807) is 0 Å². The largest absolute Gasteiger partial charge is 0.350 e. The Hall–Kier alpha value is -2.86. The Kier molecular flexibility index (Phi) is 5.83. The number of nitrogens with zero attached hydrogens (tertiary/aromatic N) is 1. The number of anilines is 1. The molecule has 4 aliphatic carbocycles. The molecule has 0 saturated heterocycles. The third-order valence-electron chi connectivity index (χ3n) is 8.85. The number of carbonyl (C=O) groups excluding carboxylic acids is 1. The van der Waals surface area contributed by atoms with Gasteiger partial charge >= 0.3 is 0 Å². The van der Waals surface area contributed by atoms with Crippen LogP contribution in [0.2, 0.25) is 0 Å². The number of fused-ring (bicyclic) bond motifs is 1. The Morgan fingerprint density at radius 2 is 1.50 bits per heavy atom. The Labute approximate surface area is 213 Å². The number of rotatable bonds is 7. The van der Waals surface area contributed by atoms with Gasteiger partial charge in [-0.15, -0.1) is 0 Å². The average molecular weight is 503 g/mol. The number of hydrogen-bond donors (Lipinski definition) is 1. The van der Waals surface area contributed by atoms with Crippen LogP contribution in [-0.2, 0) is 26.8 Å². The van der Waals surface area contributed by atoms with E-state index >= 15 is 0 Å². The Balaban J connectivity index is 1.17. The topological polar surface area (TPSA) is 66.5 Å². The molecule has 4 aliphatic rings. The van der Waals surface area contributed by atoms with Crippen LogP contribution in [0.4, 0.5) is 5.69 Å². The molecule has 6 heteroatoms. The monoisotopic (exact) mass is 502 g/mol. The SMILES string of the molecule is CS(=O)(=O)N(CC(=O)NCc1cccc2ccccc12)c1ccc(C23CC4CC(CC(C4)C2)C3)cc1. The molecular formula is C30H34N2O3S. The predicted molar refractivity (Wildman–Crippen MR) is 144 cm³/mol. The fraction of sp³-hybridized carbons (Fsp3) is 0.433. The van der Waals surface area contributed by atoms with Crippen LogP contribution in [0.15, 0.2) is 66.7 Å². The Bertz CT molecular complexity index is 1360. The highest BCUT2D eigenvalue weighted by molar-refractivity contribution is 7.92. The number of amides is 1. The van der Waals surface area contributed by atoms with E-state index in [4.69, 9.17) is 0 Å². The third kappa shape index (κ3) is 4.40. The Morgan fingerprint density at radius 3 is 2.14 bits per heavy atom. The summed E-state index contributed by atoms with van der Waals surface area (Å²) in [4.78, 5) is 12.9. The van der Waals surface area contributed by atoms with E-state index in [2.05, 4.69) is 17.4 Å². The van der Waals surface area contributed by atoms with E-state index in [9.17, 15) is 13.2 Å². The summed E-state index contributed by atoms with van der Waals surface area (Å²) in [5, 5.41) is 5.11. The predicted octanol–water partition coefficient (Wildman–Crippen LogP) is 5.39. The highest BCUT2D eigenvalue weighted by atomic mass is 32.2. The zero-order chi connectivity index (χ0) is 24.9. The molecule has 0 radical (unpaired) electrons. The van der Waals surface area contributed by atoms with Crippen molar-refractivity contribution >= 4 is 32.4 Å². The van der Waals surface area contributed by atoms with Crippen molar-refractivity contribution in [2.45, 2.75) is 50.5 Å². The molecule has 7 rings (SSSR count). The molecule has 4 fully saturated rings. The quantitative estimate of drug-likeness (QED) is 0.471. The lowest BCUT2D eigenvalue weighted by atomic mass is 9.48. The van der Waals surface area contributed by atoms with Crippen molar-refractivity contribution in [3.8, 4) is 0 Å². The lowest BCUT2D eigenvalue weighted by Crippen LogP contribution is -2.48. The minimum atomic E-state index is -3.62. The second-order valence-electron chi connectivity index (χ2n) is 11.4. The molecule has 0 atom stereocenters. The standard InChI is InChI=1S/C30H34N2O3S/c1-36(34,35)32(20-29(33)31-19-25-7-4-6-24-5-2-3-8-28(24)25)27-11-9-26(10-12-27)30-16-21-13-22(17-30)15-23(14-21)18-30/h2-12,21-23H,13-20H2,1H3,(H,31,33). The second-order valence-corrected chi connectivity index (χ2v) is 13.3. The van der Waals surface area contributed by atoms with Gasteiger partial charge in [0.1, 0.15) is 6.54 Å². The van der Waals surface area contributed by atoms with E-state index < -0.39 is 10.0 Å². The summed E-state index contributed by atoms with van der Waals surface area (Å²) < 4.78 is 26.6. The van der Waals surface area contributed by atoms with Gasteiger partial charge in [-0.05, 0) is 95.7 Å².